The molecule has 1 N–H and O–H groups in total. The van der Waals surface area contributed by atoms with E-state index in [1.165, 1.54) is 6.08 Å². The Kier molecular flexibility index (Phi) is 4.24. The van der Waals surface area contributed by atoms with Crippen molar-refractivity contribution in [2.75, 3.05) is 0 Å². The van der Waals surface area contributed by atoms with Crippen LogP contribution in [0.25, 0.3) is 5.57 Å². The molecule has 94 valence electrons. The van der Waals surface area contributed by atoms with Crippen LogP contribution in [-0.4, -0.2) is 11.8 Å². The van der Waals surface area contributed by atoms with Gasteiger partial charge in [0.25, 0.3) is 11.8 Å². The van der Waals surface area contributed by atoms with Crippen LogP contribution in [-0.2, 0) is 9.59 Å². The molecule has 0 atom stereocenters. The van der Waals surface area contributed by atoms with Crippen molar-refractivity contribution < 1.29 is 9.59 Å². The average Bonchev–Trinajstić information content (AvgIpc) is 2.81. The number of hydrogen-bond donors (Lipinski definition) is 1. The monoisotopic (exact) mass is 251 g/mol. The van der Waals surface area contributed by atoms with Gasteiger partial charge in [0.2, 0.25) is 0 Å². The quantitative estimate of drug-likeness (QED) is 0.791. The molecule has 1 heterocycles. The van der Waals surface area contributed by atoms with Crippen molar-refractivity contribution in [2.45, 2.75) is 0 Å². The number of carbonyl (C=O) groups excluding carboxylic acids is 2. The fourth-order valence-corrected chi connectivity index (χ4v) is 1.63. The van der Waals surface area contributed by atoms with E-state index in [0.717, 1.165) is 5.56 Å². The Morgan fingerprint density at radius 1 is 0.684 bits per heavy atom. The van der Waals surface area contributed by atoms with Gasteiger partial charge in [-0.1, -0.05) is 66.7 Å². The van der Waals surface area contributed by atoms with Crippen LogP contribution >= 0.6 is 0 Å². The van der Waals surface area contributed by atoms with Crippen molar-refractivity contribution in [1.29, 1.82) is 0 Å². The largest absolute Gasteiger partial charge is 0.289 e. The SMILES string of the molecule is O=C1C=C(c2ccccc2)C(=O)N1.c1ccccc1. The molecule has 1 aliphatic heterocycles. The highest BCUT2D eigenvalue weighted by atomic mass is 16.2. The summed E-state index contributed by atoms with van der Waals surface area (Å²) in [5.74, 6) is -0.667. The van der Waals surface area contributed by atoms with Crippen molar-refractivity contribution in [1.82, 2.24) is 5.32 Å². The van der Waals surface area contributed by atoms with Gasteiger partial charge in [0, 0.05) is 6.08 Å². The van der Waals surface area contributed by atoms with Crippen LogP contribution in [0.5, 0.6) is 0 Å². The molecule has 2 aromatic rings. The maximum absolute atomic E-state index is 11.2. The summed E-state index contributed by atoms with van der Waals surface area (Å²) in [6, 6.07) is 21.1. The van der Waals surface area contributed by atoms with Gasteiger partial charge >= 0.3 is 0 Å². The Balaban J connectivity index is 0.000000186. The van der Waals surface area contributed by atoms with E-state index in [0.29, 0.717) is 5.57 Å². The predicted octanol–water partition coefficient (Wildman–Crippen LogP) is 2.41. The zero-order chi connectivity index (χ0) is 13.5. The highest BCUT2D eigenvalue weighted by Gasteiger charge is 2.21. The van der Waals surface area contributed by atoms with Gasteiger partial charge in [-0.2, -0.15) is 0 Å². The second-order valence-electron chi connectivity index (χ2n) is 3.90. The molecule has 19 heavy (non-hydrogen) atoms. The Labute approximate surface area is 111 Å². The Morgan fingerprint density at radius 2 is 1.16 bits per heavy atom. The van der Waals surface area contributed by atoms with E-state index in [4.69, 9.17) is 0 Å². The first-order valence-corrected chi connectivity index (χ1v) is 5.90. The number of benzene rings is 2. The van der Waals surface area contributed by atoms with Crippen LogP contribution in [0.3, 0.4) is 0 Å². The first-order valence-electron chi connectivity index (χ1n) is 5.90. The second-order valence-corrected chi connectivity index (χ2v) is 3.90. The zero-order valence-electron chi connectivity index (χ0n) is 10.2. The van der Waals surface area contributed by atoms with E-state index in [1.807, 2.05) is 54.6 Å². The molecule has 0 radical (unpaired) electrons. The van der Waals surface area contributed by atoms with Gasteiger partial charge in [0.05, 0.1) is 5.57 Å². The molecular formula is C16H13NO2. The Morgan fingerprint density at radius 3 is 1.58 bits per heavy atom. The van der Waals surface area contributed by atoms with E-state index in [2.05, 4.69) is 5.32 Å². The third kappa shape index (κ3) is 3.64. The van der Waals surface area contributed by atoms with E-state index >= 15 is 0 Å². The van der Waals surface area contributed by atoms with Crippen molar-refractivity contribution in [3.05, 3.63) is 78.4 Å². The summed E-state index contributed by atoms with van der Waals surface area (Å²) in [5, 5.41) is 2.19. The van der Waals surface area contributed by atoms with Gasteiger partial charge in [-0.25, -0.2) is 0 Å². The molecule has 2 aromatic carbocycles. The molecule has 1 aliphatic rings. The molecule has 0 fully saturated rings. The van der Waals surface area contributed by atoms with Crippen molar-refractivity contribution in [3.63, 3.8) is 0 Å². The molecule has 0 aliphatic carbocycles. The fraction of sp³-hybridized carbons (Fsp3) is 0. The van der Waals surface area contributed by atoms with Crippen LogP contribution in [0.15, 0.2) is 72.8 Å². The van der Waals surface area contributed by atoms with Crippen molar-refractivity contribution in [2.24, 2.45) is 0 Å². The molecule has 0 unspecified atom stereocenters. The highest BCUT2D eigenvalue weighted by molar-refractivity contribution is 6.33. The lowest BCUT2D eigenvalue weighted by atomic mass is 10.1. The van der Waals surface area contributed by atoms with Gasteiger partial charge in [0.15, 0.2) is 0 Å². The summed E-state index contributed by atoms with van der Waals surface area (Å²) in [4.78, 5) is 22.0. The maximum Gasteiger partial charge on any atom is 0.258 e. The van der Waals surface area contributed by atoms with Gasteiger partial charge in [0.1, 0.15) is 0 Å². The minimum absolute atomic E-state index is 0.323. The van der Waals surface area contributed by atoms with E-state index in [1.54, 1.807) is 12.1 Å². The maximum atomic E-state index is 11.2. The number of carbonyl (C=O) groups is 2. The number of amides is 2. The normalized spacial score (nSPS) is 13.2. The molecule has 0 saturated heterocycles. The number of imide groups is 1. The smallest absolute Gasteiger partial charge is 0.258 e. The minimum Gasteiger partial charge on any atom is -0.289 e. The molecule has 3 heteroatoms. The van der Waals surface area contributed by atoms with Gasteiger partial charge in [-0.3, -0.25) is 14.9 Å². The highest BCUT2D eigenvalue weighted by Crippen LogP contribution is 2.16. The van der Waals surface area contributed by atoms with Crippen LogP contribution in [0, 0.1) is 0 Å². The topological polar surface area (TPSA) is 46.2 Å². The zero-order valence-corrected chi connectivity index (χ0v) is 10.2. The molecule has 3 rings (SSSR count). The van der Waals surface area contributed by atoms with Gasteiger partial charge in [-0.15, -0.1) is 0 Å². The summed E-state index contributed by atoms with van der Waals surface area (Å²) in [5.41, 5.74) is 1.21. The van der Waals surface area contributed by atoms with Crippen molar-refractivity contribution >= 4 is 17.4 Å². The summed E-state index contributed by atoms with van der Waals surface area (Å²) in [6.07, 6.45) is 1.32. The summed E-state index contributed by atoms with van der Waals surface area (Å²) in [6.45, 7) is 0. The molecule has 0 spiro atoms. The first-order chi connectivity index (χ1) is 9.27. The summed E-state index contributed by atoms with van der Waals surface area (Å²) in [7, 11) is 0. The lowest BCUT2D eigenvalue weighted by molar-refractivity contribution is -0.123. The standard InChI is InChI=1S/C10H7NO2.C6H6/c12-9-6-8(10(13)11-9)7-4-2-1-3-5-7;1-2-4-6-5-3-1/h1-6H,(H,11,12,13);1-6H. The third-order valence-corrected chi connectivity index (χ3v) is 2.51. The molecule has 2 amide bonds. The minimum atomic E-state index is -0.344. The van der Waals surface area contributed by atoms with Crippen LogP contribution < -0.4 is 5.32 Å². The summed E-state index contributed by atoms with van der Waals surface area (Å²) >= 11 is 0. The van der Waals surface area contributed by atoms with E-state index in [9.17, 15) is 9.59 Å². The lowest BCUT2D eigenvalue weighted by Gasteiger charge is -1.97. The van der Waals surface area contributed by atoms with E-state index < -0.39 is 0 Å². The lowest BCUT2D eigenvalue weighted by Crippen LogP contribution is -2.21. The molecule has 0 bridgehead atoms. The predicted molar refractivity (Wildman–Crippen MR) is 74.0 cm³/mol. The second kappa shape index (κ2) is 6.31. The Bertz CT molecular complexity index is 562. The molecule has 0 saturated carbocycles. The number of rotatable bonds is 1. The third-order valence-electron chi connectivity index (χ3n) is 2.51. The molecule has 0 aromatic heterocycles. The summed E-state index contributed by atoms with van der Waals surface area (Å²) < 4.78 is 0. The average molecular weight is 251 g/mol. The van der Waals surface area contributed by atoms with Crippen LogP contribution in [0.4, 0.5) is 0 Å². The van der Waals surface area contributed by atoms with Crippen LogP contribution in [0.1, 0.15) is 5.56 Å². The molecular weight excluding hydrogens is 238 g/mol. The van der Waals surface area contributed by atoms with Crippen molar-refractivity contribution in [3.8, 4) is 0 Å². The van der Waals surface area contributed by atoms with Gasteiger partial charge < -0.3 is 0 Å². The number of nitrogens with one attached hydrogen (secondary N) is 1. The Hall–Kier alpha value is -2.68. The first kappa shape index (κ1) is 12.8. The van der Waals surface area contributed by atoms with E-state index in [-0.39, 0.29) is 11.8 Å². The van der Waals surface area contributed by atoms with Gasteiger partial charge in [-0.05, 0) is 5.56 Å². The fourth-order valence-electron chi connectivity index (χ4n) is 1.63. The molecule has 3 nitrogen and oxygen atoms in total. The van der Waals surface area contributed by atoms with Crippen LogP contribution in [0.2, 0.25) is 0 Å². The number of hydrogen-bond acceptors (Lipinski definition) is 2.